The minimum absolute atomic E-state index is 0.156. The van der Waals surface area contributed by atoms with E-state index in [-0.39, 0.29) is 4.90 Å². The summed E-state index contributed by atoms with van der Waals surface area (Å²) in [5.41, 5.74) is 1.94. The van der Waals surface area contributed by atoms with Crippen molar-refractivity contribution >= 4 is 26.9 Å². The highest BCUT2D eigenvalue weighted by atomic mass is 32.2. The molecule has 0 saturated carbocycles. The van der Waals surface area contributed by atoms with Gasteiger partial charge in [-0.25, -0.2) is 17.2 Å². The third-order valence-corrected chi connectivity index (χ3v) is 6.58. The molecule has 1 unspecified atom stereocenters. The van der Waals surface area contributed by atoms with Crippen LogP contribution in [0.5, 0.6) is 0 Å². The van der Waals surface area contributed by atoms with Crippen LogP contribution in [0.4, 0.5) is 0 Å². The van der Waals surface area contributed by atoms with E-state index in [9.17, 15) is 13.2 Å². The summed E-state index contributed by atoms with van der Waals surface area (Å²) < 4.78 is 33.8. The predicted octanol–water partition coefficient (Wildman–Crippen LogP) is 3.53. The van der Waals surface area contributed by atoms with Crippen LogP contribution < -0.4 is 0 Å². The molecule has 0 bridgehead atoms. The van der Waals surface area contributed by atoms with Gasteiger partial charge >= 0.3 is 5.97 Å². The van der Waals surface area contributed by atoms with Crippen molar-refractivity contribution in [3.8, 4) is 0 Å². The van der Waals surface area contributed by atoms with Crippen LogP contribution in [-0.4, -0.2) is 23.3 Å². The Balaban J connectivity index is 1.81. The van der Waals surface area contributed by atoms with Gasteiger partial charge in [0, 0.05) is 23.3 Å². The number of hydrogen-bond acceptors (Lipinski definition) is 5. The van der Waals surface area contributed by atoms with E-state index < -0.39 is 22.1 Å². The smallest absolute Gasteiger partial charge is 0.339 e. The monoisotopic (exact) mass is 390 g/mol. The minimum Gasteiger partial charge on any atom is -0.447 e. The van der Waals surface area contributed by atoms with Gasteiger partial charge in [0.25, 0.3) is 10.0 Å². The fourth-order valence-corrected chi connectivity index (χ4v) is 5.13. The van der Waals surface area contributed by atoms with Crippen LogP contribution in [0.1, 0.15) is 27.7 Å². The first-order valence-corrected chi connectivity index (χ1v) is 10.1. The number of carbonyl (C=O) groups excluding carboxylic acids is 1. The van der Waals surface area contributed by atoms with Gasteiger partial charge in [-0.05, 0) is 30.3 Å². The molecule has 2 aromatic heterocycles. The maximum absolute atomic E-state index is 13.5. The van der Waals surface area contributed by atoms with E-state index >= 15 is 0 Å². The van der Waals surface area contributed by atoms with Crippen molar-refractivity contribution < 1.29 is 17.9 Å². The zero-order valence-electron chi connectivity index (χ0n) is 14.5. The summed E-state index contributed by atoms with van der Waals surface area (Å²) in [6.45, 7) is 0. The third-order valence-electron chi connectivity index (χ3n) is 4.82. The Kier molecular flexibility index (Phi) is 3.60. The first-order chi connectivity index (χ1) is 13.6. The number of esters is 1. The number of aromatic nitrogens is 2. The number of benzene rings is 2. The molecule has 1 atom stereocenters. The zero-order chi connectivity index (χ0) is 19.3. The highest BCUT2D eigenvalue weighted by molar-refractivity contribution is 7.90. The molecule has 3 heterocycles. The molecule has 0 radical (unpaired) electrons. The second-order valence-corrected chi connectivity index (χ2v) is 8.25. The fourth-order valence-electron chi connectivity index (χ4n) is 3.57. The molecule has 0 fully saturated rings. The van der Waals surface area contributed by atoms with E-state index in [0.717, 1.165) is 0 Å². The maximum atomic E-state index is 13.5. The van der Waals surface area contributed by atoms with E-state index in [2.05, 4.69) is 4.98 Å². The lowest BCUT2D eigenvalue weighted by Gasteiger charge is -2.16. The molecule has 0 spiro atoms. The molecule has 138 valence electrons. The normalized spacial score (nSPS) is 16.1. The maximum Gasteiger partial charge on any atom is 0.339 e. The molecule has 1 aliphatic heterocycles. The van der Waals surface area contributed by atoms with E-state index in [1.165, 1.54) is 10.2 Å². The van der Waals surface area contributed by atoms with Crippen LogP contribution in [0.3, 0.4) is 0 Å². The Morgan fingerprint density at radius 3 is 2.54 bits per heavy atom. The molecule has 0 amide bonds. The van der Waals surface area contributed by atoms with Gasteiger partial charge in [0.2, 0.25) is 0 Å². The van der Waals surface area contributed by atoms with Crippen molar-refractivity contribution in [2.45, 2.75) is 11.0 Å². The number of rotatable bonds is 3. The van der Waals surface area contributed by atoms with Crippen molar-refractivity contribution in [2.75, 3.05) is 0 Å². The molecule has 0 N–H and O–H groups in total. The molecule has 5 rings (SSSR count). The summed E-state index contributed by atoms with van der Waals surface area (Å²) in [5.74, 6) is -0.465. The number of nitrogens with zero attached hydrogens (tertiary/aromatic N) is 2. The van der Waals surface area contributed by atoms with Crippen LogP contribution in [0.25, 0.3) is 10.9 Å². The largest absolute Gasteiger partial charge is 0.447 e. The second kappa shape index (κ2) is 6.03. The zero-order valence-corrected chi connectivity index (χ0v) is 15.3. The predicted molar refractivity (Wildman–Crippen MR) is 102 cm³/mol. The molecule has 2 aromatic carbocycles. The lowest BCUT2D eigenvalue weighted by Crippen LogP contribution is -2.18. The molecule has 4 aromatic rings. The Bertz CT molecular complexity index is 1330. The van der Waals surface area contributed by atoms with Gasteiger partial charge in [-0.1, -0.05) is 36.4 Å². The molecule has 0 aliphatic carbocycles. The summed E-state index contributed by atoms with van der Waals surface area (Å²) in [5, 5.41) is 0.650. The quantitative estimate of drug-likeness (QED) is 0.500. The van der Waals surface area contributed by atoms with Crippen LogP contribution in [0.2, 0.25) is 0 Å². The van der Waals surface area contributed by atoms with Crippen LogP contribution in [-0.2, 0) is 14.8 Å². The minimum atomic E-state index is -3.91. The number of pyridine rings is 1. The summed E-state index contributed by atoms with van der Waals surface area (Å²) in [6.07, 6.45) is 2.32. The topological polar surface area (TPSA) is 78.3 Å². The van der Waals surface area contributed by atoms with Gasteiger partial charge < -0.3 is 4.74 Å². The SMILES string of the molecule is O=C1OC(c2cc3cnccc3n2S(=O)(=O)c2ccccc2)c2ccccc21. The molecule has 0 saturated heterocycles. The van der Waals surface area contributed by atoms with Gasteiger partial charge in [-0.3, -0.25) is 4.98 Å². The Morgan fingerprint density at radius 2 is 1.71 bits per heavy atom. The average molecular weight is 390 g/mol. The molecule has 6 nitrogen and oxygen atoms in total. The van der Waals surface area contributed by atoms with Gasteiger partial charge in [-0.2, -0.15) is 0 Å². The van der Waals surface area contributed by atoms with Crippen molar-refractivity contribution in [1.29, 1.82) is 0 Å². The summed E-state index contributed by atoms with van der Waals surface area (Å²) in [4.78, 5) is 16.5. The van der Waals surface area contributed by atoms with Crippen molar-refractivity contribution in [2.24, 2.45) is 0 Å². The number of hydrogen-bond donors (Lipinski definition) is 0. The third kappa shape index (κ3) is 2.36. The Morgan fingerprint density at radius 1 is 0.964 bits per heavy atom. The first kappa shape index (κ1) is 16.7. The molecule has 28 heavy (non-hydrogen) atoms. The Labute approximate surface area is 161 Å². The fraction of sp³-hybridized carbons (Fsp3) is 0.0476. The second-order valence-electron chi connectivity index (χ2n) is 6.46. The van der Waals surface area contributed by atoms with E-state index in [4.69, 9.17) is 4.74 Å². The van der Waals surface area contributed by atoms with Crippen LogP contribution in [0.15, 0.2) is 84.0 Å². The number of carbonyl (C=O) groups is 1. The summed E-state index contributed by atoms with van der Waals surface area (Å²) in [7, 11) is -3.91. The van der Waals surface area contributed by atoms with Crippen molar-refractivity contribution in [3.63, 3.8) is 0 Å². The van der Waals surface area contributed by atoms with E-state index in [1.807, 2.05) is 0 Å². The highest BCUT2D eigenvalue weighted by Crippen LogP contribution is 2.39. The number of ether oxygens (including phenoxy) is 1. The highest BCUT2D eigenvalue weighted by Gasteiger charge is 2.36. The lowest BCUT2D eigenvalue weighted by atomic mass is 10.0. The van der Waals surface area contributed by atoms with E-state index in [0.29, 0.717) is 27.7 Å². The van der Waals surface area contributed by atoms with Crippen molar-refractivity contribution in [1.82, 2.24) is 8.96 Å². The van der Waals surface area contributed by atoms with Crippen LogP contribution >= 0.6 is 0 Å². The van der Waals surface area contributed by atoms with Crippen molar-refractivity contribution in [3.05, 3.63) is 95.9 Å². The molecular weight excluding hydrogens is 376 g/mol. The first-order valence-electron chi connectivity index (χ1n) is 8.63. The van der Waals surface area contributed by atoms with Gasteiger partial charge in [0.15, 0.2) is 6.10 Å². The number of fused-ring (bicyclic) bond motifs is 2. The summed E-state index contributed by atoms with van der Waals surface area (Å²) in [6, 6.07) is 18.5. The molecule has 7 heteroatoms. The lowest BCUT2D eigenvalue weighted by molar-refractivity contribution is 0.0448. The molecule has 1 aliphatic rings. The van der Waals surface area contributed by atoms with Gasteiger partial charge in [0.05, 0.1) is 21.7 Å². The summed E-state index contributed by atoms with van der Waals surface area (Å²) >= 11 is 0. The van der Waals surface area contributed by atoms with E-state index in [1.54, 1.807) is 72.9 Å². The number of cyclic esters (lactones) is 1. The standard InChI is InChI=1S/C21H14N2O4S/c24-21-17-9-5-4-8-16(17)20(27-21)19-12-14-13-22-11-10-18(14)23(19)28(25,26)15-6-2-1-3-7-15/h1-13,20H. The van der Waals surface area contributed by atoms with Gasteiger partial charge in [-0.15, -0.1) is 0 Å². The Hall–Kier alpha value is -3.45. The van der Waals surface area contributed by atoms with Gasteiger partial charge in [0.1, 0.15) is 0 Å². The molecular formula is C21H14N2O4S. The average Bonchev–Trinajstić information content (AvgIpc) is 3.27. The van der Waals surface area contributed by atoms with Crippen LogP contribution in [0, 0.1) is 0 Å².